The summed E-state index contributed by atoms with van der Waals surface area (Å²) in [4.78, 5) is 14.1. The Morgan fingerprint density at radius 3 is 2.81 bits per heavy atom. The number of β-amino-alcohol motifs (C(OH)–C–C–N with tert-alkyl or cyclic N) is 1. The summed E-state index contributed by atoms with van der Waals surface area (Å²) >= 11 is 6.24. The van der Waals surface area contributed by atoms with Gasteiger partial charge in [-0.25, -0.2) is 0 Å². The van der Waals surface area contributed by atoms with Crippen molar-refractivity contribution >= 4 is 17.5 Å². The van der Waals surface area contributed by atoms with Crippen LogP contribution in [-0.4, -0.2) is 55.2 Å². The Bertz CT molecular complexity index is 496. The highest BCUT2D eigenvalue weighted by molar-refractivity contribution is 6.31. The number of carbonyl (C=O) groups is 1. The van der Waals surface area contributed by atoms with E-state index in [2.05, 4.69) is 10.6 Å². The van der Waals surface area contributed by atoms with E-state index in [4.69, 9.17) is 11.6 Å². The number of likely N-dealkylation sites (N-methyl/N-ethyl adjacent to an activating group) is 1. The average molecular weight is 312 g/mol. The first-order chi connectivity index (χ1) is 9.99. The third kappa shape index (κ3) is 4.17. The SMILES string of the molecule is CN(C)C(CNC(=O)C1CC(O)CN1)c1ccccc1Cl. The highest BCUT2D eigenvalue weighted by atomic mass is 35.5. The molecule has 0 bridgehead atoms. The molecule has 1 aliphatic rings. The molecule has 116 valence electrons. The van der Waals surface area contributed by atoms with Crippen LogP contribution < -0.4 is 10.6 Å². The number of aliphatic hydroxyl groups excluding tert-OH is 1. The highest BCUT2D eigenvalue weighted by Crippen LogP contribution is 2.25. The Labute approximate surface area is 130 Å². The first kappa shape index (κ1) is 16.2. The molecule has 5 nitrogen and oxygen atoms in total. The van der Waals surface area contributed by atoms with E-state index in [0.717, 1.165) is 5.56 Å². The van der Waals surface area contributed by atoms with Crippen LogP contribution in [0.15, 0.2) is 24.3 Å². The Kier molecular flexibility index (Phi) is 5.58. The van der Waals surface area contributed by atoms with Crippen LogP contribution in [0.5, 0.6) is 0 Å². The molecule has 1 aromatic carbocycles. The number of halogens is 1. The third-order valence-electron chi connectivity index (χ3n) is 3.78. The van der Waals surface area contributed by atoms with Crippen LogP contribution in [0, 0.1) is 0 Å². The summed E-state index contributed by atoms with van der Waals surface area (Å²) in [6, 6.07) is 7.35. The van der Waals surface area contributed by atoms with Crippen LogP contribution in [0.4, 0.5) is 0 Å². The van der Waals surface area contributed by atoms with Gasteiger partial charge in [0.2, 0.25) is 5.91 Å². The fourth-order valence-electron chi connectivity index (χ4n) is 2.55. The number of hydrogen-bond acceptors (Lipinski definition) is 4. The monoisotopic (exact) mass is 311 g/mol. The van der Waals surface area contributed by atoms with Gasteiger partial charge in [0.1, 0.15) is 0 Å². The van der Waals surface area contributed by atoms with Crippen molar-refractivity contribution in [3.8, 4) is 0 Å². The molecular formula is C15H22ClN3O2. The van der Waals surface area contributed by atoms with Gasteiger partial charge in [0, 0.05) is 18.1 Å². The van der Waals surface area contributed by atoms with Gasteiger partial charge in [-0.05, 0) is 32.1 Å². The molecule has 0 spiro atoms. The molecule has 3 unspecified atom stereocenters. The van der Waals surface area contributed by atoms with Crippen LogP contribution >= 0.6 is 11.6 Å². The summed E-state index contributed by atoms with van der Waals surface area (Å²) < 4.78 is 0. The number of benzene rings is 1. The van der Waals surface area contributed by atoms with Gasteiger partial charge in [-0.3, -0.25) is 4.79 Å². The number of hydrogen-bond donors (Lipinski definition) is 3. The number of amides is 1. The molecule has 6 heteroatoms. The number of rotatable bonds is 5. The molecule has 1 fully saturated rings. The largest absolute Gasteiger partial charge is 0.392 e. The van der Waals surface area contributed by atoms with Crippen molar-refractivity contribution in [2.24, 2.45) is 0 Å². The maximum atomic E-state index is 12.1. The summed E-state index contributed by atoms with van der Waals surface area (Å²) in [7, 11) is 3.91. The highest BCUT2D eigenvalue weighted by Gasteiger charge is 2.28. The van der Waals surface area contributed by atoms with E-state index in [1.807, 2.05) is 43.3 Å². The first-order valence-electron chi connectivity index (χ1n) is 7.09. The fraction of sp³-hybridized carbons (Fsp3) is 0.533. The van der Waals surface area contributed by atoms with Gasteiger partial charge in [-0.2, -0.15) is 0 Å². The second-order valence-corrected chi connectivity index (χ2v) is 6.00. The maximum absolute atomic E-state index is 12.1. The quantitative estimate of drug-likeness (QED) is 0.752. The lowest BCUT2D eigenvalue weighted by Gasteiger charge is -2.26. The number of carbonyl (C=O) groups excluding carboxylic acids is 1. The predicted molar refractivity (Wildman–Crippen MR) is 83.3 cm³/mol. The van der Waals surface area contributed by atoms with Crippen molar-refractivity contribution in [2.75, 3.05) is 27.2 Å². The number of nitrogens with one attached hydrogen (secondary N) is 2. The van der Waals surface area contributed by atoms with E-state index in [9.17, 15) is 9.90 Å². The summed E-state index contributed by atoms with van der Waals surface area (Å²) in [5.41, 5.74) is 0.990. The standard InChI is InChI=1S/C15H22ClN3O2/c1-19(2)14(11-5-3-4-6-12(11)16)9-18-15(21)13-7-10(20)8-17-13/h3-6,10,13-14,17,20H,7-9H2,1-2H3,(H,18,21). The van der Waals surface area contributed by atoms with Gasteiger partial charge >= 0.3 is 0 Å². The van der Waals surface area contributed by atoms with Crippen molar-refractivity contribution in [3.63, 3.8) is 0 Å². The zero-order valence-electron chi connectivity index (χ0n) is 12.3. The molecule has 1 heterocycles. The minimum absolute atomic E-state index is 0.00831. The lowest BCUT2D eigenvalue weighted by Crippen LogP contribution is -2.43. The summed E-state index contributed by atoms with van der Waals surface area (Å²) in [5, 5.41) is 16.1. The molecule has 3 N–H and O–H groups in total. The molecule has 1 amide bonds. The lowest BCUT2D eigenvalue weighted by atomic mass is 10.1. The van der Waals surface area contributed by atoms with Gasteiger partial charge in [-0.1, -0.05) is 29.8 Å². The topological polar surface area (TPSA) is 64.6 Å². The second-order valence-electron chi connectivity index (χ2n) is 5.60. The maximum Gasteiger partial charge on any atom is 0.237 e. The molecule has 0 aromatic heterocycles. The molecule has 2 rings (SSSR count). The van der Waals surface area contributed by atoms with E-state index in [1.54, 1.807) is 0 Å². The van der Waals surface area contributed by atoms with Gasteiger partial charge < -0.3 is 20.6 Å². The first-order valence-corrected chi connectivity index (χ1v) is 7.47. The fourth-order valence-corrected chi connectivity index (χ4v) is 2.81. The van der Waals surface area contributed by atoms with E-state index in [0.29, 0.717) is 24.5 Å². The molecule has 0 aliphatic carbocycles. The lowest BCUT2D eigenvalue weighted by molar-refractivity contribution is -0.123. The minimum atomic E-state index is -0.436. The van der Waals surface area contributed by atoms with E-state index < -0.39 is 6.10 Å². The van der Waals surface area contributed by atoms with Crippen molar-refractivity contribution in [1.82, 2.24) is 15.5 Å². The van der Waals surface area contributed by atoms with Crippen LogP contribution in [-0.2, 0) is 4.79 Å². The molecule has 1 saturated heterocycles. The average Bonchev–Trinajstić information content (AvgIpc) is 2.87. The summed E-state index contributed by atoms with van der Waals surface area (Å²) in [6.45, 7) is 0.948. The van der Waals surface area contributed by atoms with Crippen molar-refractivity contribution in [3.05, 3.63) is 34.9 Å². The van der Waals surface area contributed by atoms with Gasteiger partial charge in [-0.15, -0.1) is 0 Å². The molecule has 21 heavy (non-hydrogen) atoms. The van der Waals surface area contributed by atoms with E-state index in [-0.39, 0.29) is 18.0 Å². The van der Waals surface area contributed by atoms with Crippen LogP contribution in [0.1, 0.15) is 18.0 Å². The smallest absolute Gasteiger partial charge is 0.237 e. The van der Waals surface area contributed by atoms with Crippen molar-refractivity contribution in [2.45, 2.75) is 24.6 Å². The van der Waals surface area contributed by atoms with E-state index >= 15 is 0 Å². The van der Waals surface area contributed by atoms with E-state index in [1.165, 1.54) is 0 Å². The van der Waals surface area contributed by atoms with Crippen LogP contribution in [0.2, 0.25) is 5.02 Å². The summed E-state index contributed by atoms with van der Waals surface area (Å²) in [5.74, 6) is -0.0783. The van der Waals surface area contributed by atoms with Crippen molar-refractivity contribution in [1.29, 1.82) is 0 Å². The second kappa shape index (κ2) is 7.22. The zero-order valence-corrected chi connectivity index (χ0v) is 13.1. The molecule has 0 saturated carbocycles. The van der Waals surface area contributed by atoms with Gasteiger partial charge in [0.05, 0.1) is 18.2 Å². The molecular weight excluding hydrogens is 290 g/mol. The predicted octanol–water partition coefficient (Wildman–Crippen LogP) is 0.782. The third-order valence-corrected chi connectivity index (χ3v) is 4.13. The summed E-state index contributed by atoms with van der Waals surface area (Å²) in [6.07, 6.45) is 0.0267. The molecule has 1 aromatic rings. The molecule has 1 aliphatic heterocycles. The molecule has 3 atom stereocenters. The Morgan fingerprint density at radius 1 is 1.52 bits per heavy atom. The number of aliphatic hydroxyl groups is 1. The minimum Gasteiger partial charge on any atom is -0.392 e. The van der Waals surface area contributed by atoms with Crippen LogP contribution in [0.25, 0.3) is 0 Å². The van der Waals surface area contributed by atoms with Gasteiger partial charge in [0.15, 0.2) is 0 Å². The Hall–Kier alpha value is -1.14. The van der Waals surface area contributed by atoms with Crippen molar-refractivity contribution < 1.29 is 9.90 Å². The normalized spacial score (nSPS) is 23.3. The van der Waals surface area contributed by atoms with Crippen LogP contribution in [0.3, 0.4) is 0 Å². The Balaban J connectivity index is 1.98. The van der Waals surface area contributed by atoms with Gasteiger partial charge in [0.25, 0.3) is 0 Å². The molecule has 0 radical (unpaired) electrons. The number of nitrogens with zero attached hydrogens (tertiary/aromatic N) is 1. The zero-order chi connectivity index (χ0) is 15.4. The Morgan fingerprint density at radius 2 is 2.24 bits per heavy atom.